The molecule has 0 aliphatic carbocycles. The Morgan fingerprint density at radius 2 is 2.11 bits per heavy atom. The van der Waals surface area contributed by atoms with Gasteiger partial charge in [-0.25, -0.2) is 13.2 Å². The molecule has 1 heterocycles. The number of anilines is 1. The summed E-state index contributed by atoms with van der Waals surface area (Å²) in [7, 11) is -3.32. The lowest BCUT2D eigenvalue weighted by molar-refractivity contribution is 0.0520. The van der Waals surface area contributed by atoms with Crippen LogP contribution < -0.4 is 4.72 Å². The minimum atomic E-state index is -3.32. The fourth-order valence-electron chi connectivity index (χ4n) is 1.73. The third kappa shape index (κ3) is 3.25. The maximum absolute atomic E-state index is 11.6. The number of carbonyl (C=O) groups excluding carboxylic acids is 1. The zero-order valence-corrected chi connectivity index (χ0v) is 11.4. The van der Waals surface area contributed by atoms with Gasteiger partial charge in [-0.3, -0.25) is 4.72 Å². The number of rotatable bonds is 4. The van der Waals surface area contributed by atoms with Crippen LogP contribution in [-0.2, 0) is 14.8 Å². The highest BCUT2D eigenvalue weighted by Gasteiger charge is 2.11. The molecule has 0 spiro atoms. The molecule has 7 heteroatoms. The van der Waals surface area contributed by atoms with Crippen LogP contribution in [0.2, 0.25) is 0 Å². The molecule has 0 unspecified atom stereocenters. The molecule has 0 aliphatic rings. The van der Waals surface area contributed by atoms with Gasteiger partial charge < -0.3 is 9.72 Å². The fourth-order valence-corrected chi connectivity index (χ4v) is 2.28. The average molecular weight is 282 g/mol. The number of esters is 1. The number of aromatic amines is 1. The van der Waals surface area contributed by atoms with E-state index in [1.807, 2.05) is 0 Å². The van der Waals surface area contributed by atoms with Gasteiger partial charge in [-0.2, -0.15) is 0 Å². The van der Waals surface area contributed by atoms with Gasteiger partial charge in [0.15, 0.2) is 0 Å². The first kappa shape index (κ1) is 13.4. The van der Waals surface area contributed by atoms with Gasteiger partial charge in [-0.1, -0.05) is 0 Å². The summed E-state index contributed by atoms with van der Waals surface area (Å²) >= 11 is 0. The van der Waals surface area contributed by atoms with Gasteiger partial charge in [0.25, 0.3) is 0 Å². The van der Waals surface area contributed by atoms with E-state index in [0.29, 0.717) is 18.0 Å². The van der Waals surface area contributed by atoms with Crippen LogP contribution in [-0.4, -0.2) is 32.2 Å². The number of benzene rings is 1. The molecular weight excluding hydrogens is 268 g/mol. The molecule has 0 atom stereocenters. The molecule has 2 N–H and O–H groups in total. The Labute approximate surface area is 110 Å². The first-order chi connectivity index (χ1) is 8.89. The first-order valence-corrected chi connectivity index (χ1v) is 7.56. The molecular formula is C12H14N2O4S. The predicted octanol–water partition coefficient (Wildman–Crippen LogP) is 1.72. The molecule has 6 nitrogen and oxygen atoms in total. The summed E-state index contributed by atoms with van der Waals surface area (Å²) in [4.78, 5) is 14.5. The fraction of sp³-hybridized carbons (Fsp3) is 0.250. The molecule has 2 rings (SSSR count). The van der Waals surface area contributed by atoms with E-state index < -0.39 is 16.0 Å². The van der Waals surface area contributed by atoms with E-state index in [0.717, 1.165) is 17.2 Å². The monoisotopic (exact) mass is 282 g/mol. The standard InChI is InChI=1S/C12H14N2O4S/c1-3-18-12(15)11-7-8-6-9(14-19(2,16)17)4-5-10(8)13-11/h4-7,13-14H,3H2,1-2H3. The zero-order valence-electron chi connectivity index (χ0n) is 10.6. The Morgan fingerprint density at radius 1 is 1.37 bits per heavy atom. The summed E-state index contributed by atoms with van der Waals surface area (Å²) in [6.45, 7) is 2.03. The Balaban J connectivity index is 2.36. The van der Waals surface area contributed by atoms with Gasteiger partial charge >= 0.3 is 5.97 Å². The minimum absolute atomic E-state index is 0.301. The normalized spacial score (nSPS) is 11.5. The largest absolute Gasteiger partial charge is 0.461 e. The summed E-state index contributed by atoms with van der Waals surface area (Å²) in [6, 6.07) is 6.59. The summed E-state index contributed by atoms with van der Waals surface area (Å²) in [5, 5.41) is 0.733. The second-order valence-electron chi connectivity index (χ2n) is 4.08. The van der Waals surface area contributed by atoms with Gasteiger partial charge in [0.1, 0.15) is 5.69 Å². The number of aromatic nitrogens is 1. The van der Waals surface area contributed by atoms with Crippen LogP contribution in [0.15, 0.2) is 24.3 Å². The number of carbonyl (C=O) groups is 1. The van der Waals surface area contributed by atoms with Crippen molar-refractivity contribution in [3.8, 4) is 0 Å². The second-order valence-corrected chi connectivity index (χ2v) is 5.83. The SMILES string of the molecule is CCOC(=O)c1cc2cc(NS(C)(=O)=O)ccc2[nH]1. The van der Waals surface area contributed by atoms with Crippen LogP contribution in [0.5, 0.6) is 0 Å². The van der Waals surface area contributed by atoms with Crippen molar-refractivity contribution in [1.29, 1.82) is 0 Å². The van der Waals surface area contributed by atoms with Crippen molar-refractivity contribution in [3.63, 3.8) is 0 Å². The van der Waals surface area contributed by atoms with Crippen molar-refractivity contribution < 1.29 is 17.9 Å². The number of H-pyrrole nitrogens is 1. The lowest BCUT2D eigenvalue weighted by atomic mass is 10.2. The number of nitrogens with one attached hydrogen (secondary N) is 2. The first-order valence-electron chi connectivity index (χ1n) is 5.67. The number of hydrogen-bond donors (Lipinski definition) is 2. The van der Waals surface area contributed by atoms with E-state index in [4.69, 9.17) is 4.74 Å². The molecule has 102 valence electrons. The van der Waals surface area contributed by atoms with E-state index in [1.54, 1.807) is 31.2 Å². The second kappa shape index (κ2) is 4.93. The molecule has 19 heavy (non-hydrogen) atoms. The molecule has 0 aliphatic heterocycles. The van der Waals surface area contributed by atoms with Gasteiger partial charge in [-0.05, 0) is 31.2 Å². The smallest absolute Gasteiger partial charge is 0.354 e. The molecule has 1 aromatic carbocycles. The van der Waals surface area contributed by atoms with Crippen molar-refractivity contribution in [2.75, 3.05) is 17.6 Å². The Bertz CT molecular complexity index is 718. The van der Waals surface area contributed by atoms with Crippen molar-refractivity contribution in [3.05, 3.63) is 30.0 Å². The van der Waals surface area contributed by atoms with Crippen LogP contribution in [0.3, 0.4) is 0 Å². The lowest BCUT2D eigenvalue weighted by Gasteiger charge is -2.02. The molecule has 0 radical (unpaired) electrons. The van der Waals surface area contributed by atoms with Gasteiger partial charge in [0.2, 0.25) is 10.0 Å². The highest BCUT2D eigenvalue weighted by Crippen LogP contribution is 2.21. The Kier molecular flexibility index (Phi) is 3.48. The van der Waals surface area contributed by atoms with Crippen molar-refractivity contribution >= 4 is 32.6 Å². The molecule has 0 saturated carbocycles. The molecule has 0 saturated heterocycles. The summed E-state index contributed by atoms with van der Waals surface area (Å²) in [6.07, 6.45) is 1.08. The number of fused-ring (bicyclic) bond motifs is 1. The zero-order chi connectivity index (χ0) is 14.0. The summed E-state index contributed by atoms with van der Waals surface area (Å²) in [5.41, 5.74) is 1.53. The Hall–Kier alpha value is -2.02. The lowest BCUT2D eigenvalue weighted by Crippen LogP contribution is -2.09. The van der Waals surface area contributed by atoms with E-state index in [9.17, 15) is 13.2 Å². The number of hydrogen-bond acceptors (Lipinski definition) is 4. The van der Waals surface area contributed by atoms with Crippen LogP contribution in [0.1, 0.15) is 17.4 Å². The van der Waals surface area contributed by atoms with Crippen LogP contribution >= 0.6 is 0 Å². The van der Waals surface area contributed by atoms with Gasteiger partial charge in [0.05, 0.1) is 12.9 Å². The van der Waals surface area contributed by atoms with Crippen molar-refractivity contribution in [1.82, 2.24) is 4.98 Å². The minimum Gasteiger partial charge on any atom is -0.461 e. The highest BCUT2D eigenvalue weighted by atomic mass is 32.2. The van der Waals surface area contributed by atoms with E-state index >= 15 is 0 Å². The maximum Gasteiger partial charge on any atom is 0.354 e. The summed E-state index contributed by atoms with van der Waals surface area (Å²) < 4.78 is 29.6. The molecule has 1 aromatic heterocycles. The third-order valence-electron chi connectivity index (χ3n) is 2.42. The molecule has 2 aromatic rings. The van der Waals surface area contributed by atoms with Crippen molar-refractivity contribution in [2.45, 2.75) is 6.92 Å². The van der Waals surface area contributed by atoms with Crippen molar-refractivity contribution in [2.24, 2.45) is 0 Å². The highest BCUT2D eigenvalue weighted by molar-refractivity contribution is 7.92. The summed E-state index contributed by atoms with van der Waals surface area (Å²) in [5.74, 6) is -0.434. The van der Waals surface area contributed by atoms with Crippen LogP contribution in [0.25, 0.3) is 10.9 Å². The quantitative estimate of drug-likeness (QED) is 0.836. The number of sulfonamides is 1. The van der Waals surface area contributed by atoms with Gasteiger partial charge in [-0.15, -0.1) is 0 Å². The van der Waals surface area contributed by atoms with Gasteiger partial charge in [0, 0.05) is 16.6 Å². The average Bonchev–Trinajstić information content (AvgIpc) is 2.70. The Morgan fingerprint density at radius 3 is 2.74 bits per heavy atom. The topological polar surface area (TPSA) is 88.3 Å². The molecule has 0 amide bonds. The van der Waals surface area contributed by atoms with Crippen LogP contribution in [0, 0.1) is 0 Å². The maximum atomic E-state index is 11.6. The van der Waals surface area contributed by atoms with Crippen LogP contribution in [0.4, 0.5) is 5.69 Å². The van der Waals surface area contributed by atoms with E-state index in [2.05, 4.69) is 9.71 Å². The molecule has 0 bridgehead atoms. The number of ether oxygens (including phenoxy) is 1. The van der Waals surface area contributed by atoms with E-state index in [1.165, 1.54) is 0 Å². The van der Waals surface area contributed by atoms with E-state index in [-0.39, 0.29) is 0 Å². The predicted molar refractivity (Wildman–Crippen MR) is 72.7 cm³/mol. The third-order valence-corrected chi connectivity index (χ3v) is 3.03. The molecule has 0 fully saturated rings.